The lowest BCUT2D eigenvalue weighted by molar-refractivity contribution is 0.116. The molecule has 1 atom stereocenters. The Morgan fingerprint density at radius 2 is 1.26 bits per heavy atom. The van der Waals surface area contributed by atoms with E-state index in [4.69, 9.17) is 0 Å². The van der Waals surface area contributed by atoms with Crippen LogP contribution < -0.4 is 0 Å². The zero-order valence-electron chi connectivity index (χ0n) is 20.9. The molecule has 0 radical (unpaired) electrons. The number of hydrogen-bond donors (Lipinski definition) is 1. The summed E-state index contributed by atoms with van der Waals surface area (Å²) in [5.41, 5.74) is 7.62. The third-order valence-corrected chi connectivity index (χ3v) is 5.33. The van der Waals surface area contributed by atoms with Crippen molar-refractivity contribution in [3.8, 4) is 0 Å². The molecule has 0 heterocycles. The van der Waals surface area contributed by atoms with Crippen LogP contribution in [-0.4, -0.2) is 11.2 Å². The Morgan fingerprint density at radius 1 is 0.774 bits per heavy atom. The first-order chi connectivity index (χ1) is 14.5. The SMILES string of the molecule is CC(C)=C/C=C/C(C)=C/C=C/C=C(C)/C=C/C=C(C)/C=C/C1=C(C)CC(O)CC1(C)C. The molecule has 0 saturated carbocycles. The lowest BCUT2D eigenvalue weighted by Crippen LogP contribution is -2.28. The van der Waals surface area contributed by atoms with E-state index in [1.54, 1.807) is 0 Å². The van der Waals surface area contributed by atoms with Gasteiger partial charge in [0.2, 0.25) is 0 Å². The number of aliphatic hydroxyl groups excluding tert-OH is 1. The Hall–Kier alpha value is -2.38. The van der Waals surface area contributed by atoms with Gasteiger partial charge in [-0.2, -0.15) is 0 Å². The first-order valence-corrected chi connectivity index (χ1v) is 11.3. The molecule has 0 saturated heterocycles. The molecule has 1 heteroatoms. The van der Waals surface area contributed by atoms with E-state index in [-0.39, 0.29) is 11.5 Å². The highest BCUT2D eigenvalue weighted by Gasteiger charge is 2.31. The summed E-state index contributed by atoms with van der Waals surface area (Å²) in [5, 5.41) is 10.0. The average molecular weight is 419 g/mol. The topological polar surface area (TPSA) is 20.2 Å². The van der Waals surface area contributed by atoms with E-state index in [0.717, 1.165) is 12.8 Å². The van der Waals surface area contributed by atoms with E-state index in [1.165, 1.54) is 33.4 Å². The molecule has 31 heavy (non-hydrogen) atoms. The summed E-state index contributed by atoms with van der Waals surface area (Å²) in [6.07, 6.45) is 26.8. The highest BCUT2D eigenvalue weighted by Crippen LogP contribution is 2.41. The second-order valence-electron chi connectivity index (χ2n) is 9.55. The summed E-state index contributed by atoms with van der Waals surface area (Å²) < 4.78 is 0. The second-order valence-corrected chi connectivity index (χ2v) is 9.55. The molecule has 1 aliphatic rings. The minimum absolute atomic E-state index is 0.0221. The van der Waals surface area contributed by atoms with Crippen LogP contribution in [0.5, 0.6) is 0 Å². The molecule has 1 unspecified atom stereocenters. The van der Waals surface area contributed by atoms with Crippen LogP contribution in [0, 0.1) is 5.41 Å². The molecular formula is C30H42O. The summed E-state index contributed by atoms with van der Waals surface area (Å²) in [6.45, 7) is 17.1. The van der Waals surface area contributed by atoms with Gasteiger partial charge < -0.3 is 5.11 Å². The zero-order valence-corrected chi connectivity index (χ0v) is 20.9. The predicted octanol–water partition coefficient (Wildman–Crippen LogP) is 8.51. The summed E-state index contributed by atoms with van der Waals surface area (Å²) in [7, 11) is 0. The van der Waals surface area contributed by atoms with E-state index in [1.807, 2.05) is 0 Å². The molecule has 1 nitrogen and oxygen atoms in total. The largest absolute Gasteiger partial charge is 0.393 e. The van der Waals surface area contributed by atoms with Gasteiger partial charge in [-0.3, -0.25) is 0 Å². The fraction of sp³-hybridized carbons (Fsp3) is 0.400. The molecule has 0 fully saturated rings. The molecule has 0 aromatic carbocycles. The van der Waals surface area contributed by atoms with E-state index in [0.29, 0.717) is 0 Å². The van der Waals surface area contributed by atoms with Crippen molar-refractivity contribution < 1.29 is 5.11 Å². The van der Waals surface area contributed by atoms with Gasteiger partial charge in [0.25, 0.3) is 0 Å². The van der Waals surface area contributed by atoms with Crippen LogP contribution in [0.25, 0.3) is 0 Å². The lowest BCUT2D eigenvalue weighted by atomic mass is 9.71. The van der Waals surface area contributed by atoms with Crippen molar-refractivity contribution in [2.24, 2.45) is 5.41 Å². The smallest absolute Gasteiger partial charge is 0.0585 e. The van der Waals surface area contributed by atoms with Crippen molar-refractivity contribution in [1.82, 2.24) is 0 Å². The fourth-order valence-electron chi connectivity index (χ4n) is 3.72. The number of hydrogen-bond acceptors (Lipinski definition) is 1. The van der Waals surface area contributed by atoms with Gasteiger partial charge in [-0.25, -0.2) is 0 Å². The minimum Gasteiger partial charge on any atom is -0.393 e. The van der Waals surface area contributed by atoms with Crippen molar-refractivity contribution in [1.29, 1.82) is 0 Å². The standard InChI is InChI=1S/C30H42O/c1-23(2)13-11-16-24(3)14-9-10-15-25(4)17-12-18-26(5)19-20-29-27(6)21-28(31)22-30(29,7)8/h9-20,28,31H,21-22H2,1-8H3/b10-9+,16-11+,17-12+,20-19+,24-14+,25-15+,26-18+. The van der Waals surface area contributed by atoms with E-state index in [2.05, 4.69) is 128 Å². The second kappa shape index (κ2) is 13.1. The average Bonchev–Trinajstić information content (AvgIpc) is 2.63. The molecule has 0 aromatic heterocycles. The van der Waals surface area contributed by atoms with Crippen molar-refractivity contribution in [3.05, 3.63) is 106 Å². The maximum atomic E-state index is 10.0. The maximum Gasteiger partial charge on any atom is 0.0585 e. The molecule has 0 spiro atoms. The molecule has 1 N–H and O–H groups in total. The third kappa shape index (κ3) is 11.0. The Morgan fingerprint density at radius 3 is 1.77 bits per heavy atom. The van der Waals surface area contributed by atoms with Crippen molar-refractivity contribution in [3.63, 3.8) is 0 Å². The molecule has 0 aromatic rings. The first kappa shape index (κ1) is 26.7. The number of rotatable bonds is 8. The van der Waals surface area contributed by atoms with Crippen LogP contribution in [0.2, 0.25) is 0 Å². The summed E-state index contributed by atoms with van der Waals surface area (Å²) in [6, 6.07) is 0. The quantitative estimate of drug-likeness (QED) is 0.392. The van der Waals surface area contributed by atoms with Gasteiger partial charge in [-0.15, -0.1) is 0 Å². The monoisotopic (exact) mass is 418 g/mol. The van der Waals surface area contributed by atoms with Crippen LogP contribution in [0.3, 0.4) is 0 Å². The van der Waals surface area contributed by atoms with Gasteiger partial charge in [-0.1, -0.05) is 115 Å². The van der Waals surface area contributed by atoms with E-state index >= 15 is 0 Å². The van der Waals surface area contributed by atoms with Gasteiger partial charge in [0, 0.05) is 0 Å². The summed E-state index contributed by atoms with van der Waals surface area (Å²) >= 11 is 0. The van der Waals surface area contributed by atoms with Crippen LogP contribution in [0.4, 0.5) is 0 Å². The van der Waals surface area contributed by atoms with Crippen LogP contribution in [0.15, 0.2) is 106 Å². The maximum absolute atomic E-state index is 10.0. The van der Waals surface area contributed by atoms with Crippen molar-refractivity contribution >= 4 is 0 Å². The lowest BCUT2D eigenvalue weighted by Gasteiger charge is -2.35. The van der Waals surface area contributed by atoms with E-state index in [9.17, 15) is 5.11 Å². The van der Waals surface area contributed by atoms with Gasteiger partial charge in [0.15, 0.2) is 0 Å². The minimum atomic E-state index is -0.214. The van der Waals surface area contributed by atoms with Crippen LogP contribution in [0.1, 0.15) is 68.2 Å². The molecular weight excluding hydrogens is 376 g/mol. The Bertz CT molecular complexity index is 869. The first-order valence-electron chi connectivity index (χ1n) is 11.3. The van der Waals surface area contributed by atoms with Gasteiger partial charge in [-0.05, 0) is 65.4 Å². The highest BCUT2D eigenvalue weighted by molar-refractivity contribution is 5.38. The Kier molecular flexibility index (Phi) is 11.3. The summed E-state index contributed by atoms with van der Waals surface area (Å²) in [4.78, 5) is 0. The predicted molar refractivity (Wildman–Crippen MR) is 139 cm³/mol. The molecule has 1 aliphatic carbocycles. The van der Waals surface area contributed by atoms with Gasteiger partial charge in [0.1, 0.15) is 0 Å². The normalized spacial score (nSPS) is 21.3. The zero-order chi connectivity index (χ0) is 23.4. The highest BCUT2D eigenvalue weighted by atomic mass is 16.3. The van der Waals surface area contributed by atoms with Crippen LogP contribution >= 0.6 is 0 Å². The van der Waals surface area contributed by atoms with Crippen molar-refractivity contribution in [2.45, 2.75) is 74.3 Å². The van der Waals surface area contributed by atoms with Gasteiger partial charge >= 0.3 is 0 Å². The summed E-state index contributed by atoms with van der Waals surface area (Å²) in [5.74, 6) is 0. The fourth-order valence-corrected chi connectivity index (χ4v) is 3.72. The van der Waals surface area contributed by atoms with E-state index < -0.39 is 0 Å². The Labute approximate surface area is 191 Å². The third-order valence-electron chi connectivity index (χ3n) is 5.33. The Balaban J connectivity index is 2.69. The number of allylic oxidation sites excluding steroid dienone is 17. The van der Waals surface area contributed by atoms with Gasteiger partial charge in [0.05, 0.1) is 6.10 Å². The van der Waals surface area contributed by atoms with Crippen molar-refractivity contribution in [2.75, 3.05) is 0 Å². The molecule has 0 bridgehead atoms. The molecule has 1 rings (SSSR count). The molecule has 168 valence electrons. The number of aliphatic hydroxyl groups is 1. The molecule has 0 aliphatic heterocycles. The molecule has 0 amide bonds. The van der Waals surface area contributed by atoms with Crippen LogP contribution in [-0.2, 0) is 0 Å².